The molecule has 0 unspecified atom stereocenters. The van der Waals surface area contributed by atoms with E-state index in [0.29, 0.717) is 29.0 Å². The Morgan fingerprint density at radius 3 is 2.48 bits per heavy atom. The number of carbonyl (C=O) groups excluding carboxylic acids is 1. The van der Waals surface area contributed by atoms with E-state index in [2.05, 4.69) is 5.10 Å². The number of aromatic nitrogens is 2. The molecule has 0 bridgehead atoms. The van der Waals surface area contributed by atoms with E-state index >= 15 is 0 Å². The molecule has 5 nitrogen and oxygen atoms in total. The second kappa shape index (κ2) is 6.07. The van der Waals surface area contributed by atoms with E-state index in [1.165, 1.54) is 37.8 Å². The SMILES string of the molecule is CC(C)(C)OC(=O)c1ccc(-n2ccc(OCCC3C4(CC4)C34CC4)n2)cc1F. The highest BCUT2D eigenvalue weighted by Crippen LogP contribution is 2.93. The van der Waals surface area contributed by atoms with Crippen LogP contribution in [0.4, 0.5) is 4.39 Å². The largest absolute Gasteiger partial charge is 0.477 e. The number of hydrogen-bond acceptors (Lipinski definition) is 4. The minimum Gasteiger partial charge on any atom is -0.477 e. The van der Waals surface area contributed by atoms with Gasteiger partial charge in [-0.3, -0.25) is 0 Å². The average Bonchev–Trinajstić information content (AvgIpc) is 3.58. The molecule has 0 atom stereocenters. The van der Waals surface area contributed by atoms with Gasteiger partial charge in [-0.05, 0) is 81.8 Å². The van der Waals surface area contributed by atoms with Gasteiger partial charge in [0, 0.05) is 18.3 Å². The van der Waals surface area contributed by atoms with Crippen molar-refractivity contribution < 1.29 is 18.7 Å². The number of carbonyl (C=O) groups is 1. The fraction of sp³-hybridized carbons (Fsp3) is 0.565. The number of ether oxygens (including phenoxy) is 2. The second-order valence-corrected chi connectivity index (χ2v) is 9.77. The lowest BCUT2D eigenvalue weighted by molar-refractivity contribution is 0.00647. The van der Waals surface area contributed by atoms with Crippen LogP contribution >= 0.6 is 0 Å². The van der Waals surface area contributed by atoms with Crippen LogP contribution in [0, 0.1) is 22.6 Å². The van der Waals surface area contributed by atoms with Crippen LogP contribution in [0.5, 0.6) is 5.88 Å². The van der Waals surface area contributed by atoms with Crippen molar-refractivity contribution in [3.05, 3.63) is 41.8 Å². The van der Waals surface area contributed by atoms with E-state index in [-0.39, 0.29) is 5.56 Å². The van der Waals surface area contributed by atoms with Crippen molar-refractivity contribution in [3.63, 3.8) is 0 Å². The lowest BCUT2D eigenvalue weighted by Gasteiger charge is -2.19. The molecule has 0 amide bonds. The number of nitrogens with zero attached hydrogens (tertiary/aromatic N) is 2. The number of hydrogen-bond donors (Lipinski definition) is 0. The Morgan fingerprint density at radius 1 is 1.21 bits per heavy atom. The van der Waals surface area contributed by atoms with E-state index in [1.807, 2.05) is 0 Å². The second-order valence-electron chi connectivity index (χ2n) is 9.77. The predicted molar refractivity (Wildman–Crippen MR) is 106 cm³/mol. The molecule has 5 rings (SSSR count). The van der Waals surface area contributed by atoms with E-state index < -0.39 is 17.4 Å². The van der Waals surface area contributed by atoms with Gasteiger partial charge in [-0.2, -0.15) is 0 Å². The molecule has 1 aromatic carbocycles. The summed E-state index contributed by atoms with van der Waals surface area (Å²) < 4.78 is 27.1. The molecule has 3 saturated carbocycles. The van der Waals surface area contributed by atoms with Crippen LogP contribution < -0.4 is 4.74 Å². The molecule has 6 heteroatoms. The first kappa shape index (κ1) is 18.6. The summed E-state index contributed by atoms with van der Waals surface area (Å²) in [6.45, 7) is 5.93. The van der Waals surface area contributed by atoms with Crippen LogP contribution in [0.1, 0.15) is 63.2 Å². The molecule has 29 heavy (non-hydrogen) atoms. The van der Waals surface area contributed by atoms with Crippen molar-refractivity contribution in [2.75, 3.05) is 6.61 Å². The summed E-state index contributed by atoms with van der Waals surface area (Å²) in [5, 5.41) is 4.39. The van der Waals surface area contributed by atoms with Crippen LogP contribution in [-0.2, 0) is 4.74 Å². The van der Waals surface area contributed by atoms with Crippen LogP contribution in [0.15, 0.2) is 30.5 Å². The van der Waals surface area contributed by atoms with E-state index in [0.717, 1.165) is 12.3 Å². The summed E-state index contributed by atoms with van der Waals surface area (Å²) in [7, 11) is 0. The summed E-state index contributed by atoms with van der Waals surface area (Å²) in [4.78, 5) is 12.1. The molecule has 3 aliphatic rings. The molecule has 1 aromatic heterocycles. The molecule has 0 N–H and O–H groups in total. The van der Waals surface area contributed by atoms with Crippen LogP contribution in [0.3, 0.4) is 0 Å². The molecule has 0 saturated heterocycles. The molecule has 154 valence electrons. The molecule has 1 heterocycles. The lowest BCUT2D eigenvalue weighted by Crippen LogP contribution is -2.24. The van der Waals surface area contributed by atoms with Crippen LogP contribution in [0.2, 0.25) is 0 Å². The highest BCUT2D eigenvalue weighted by molar-refractivity contribution is 5.90. The molecule has 2 spiro atoms. The van der Waals surface area contributed by atoms with Gasteiger partial charge in [0.25, 0.3) is 0 Å². The normalized spacial score (nSPS) is 20.7. The lowest BCUT2D eigenvalue weighted by atomic mass is 10.1. The number of esters is 1. The van der Waals surface area contributed by atoms with Crippen molar-refractivity contribution >= 4 is 5.97 Å². The van der Waals surface area contributed by atoms with Gasteiger partial charge in [0.2, 0.25) is 5.88 Å². The van der Waals surface area contributed by atoms with Gasteiger partial charge in [-0.25, -0.2) is 13.9 Å². The first-order valence-electron chi connectivity index (χ1n) is 10.5. The minimum atomic E-state index is -0.673. The fourth-order valence-corrected chi connectivity index (χ4v) is 5.31. The number of rotatable bonds is 6. The smallest absolute Gasteiger partial charge is 0.341 e. The van der Waals surface area contributed by atoms with Gasteiger partial charge in [0.15, 0.2) is 0 Å². The summed E-state index contributed by atoms with van der Waals surface area (Å²) in [6, 6.07) is 6.15. The van der Waals surface area contributed by atoms with Crippen molar-refractivity contribution in [3.8, 4) is 11.6 Å². The Hall–Kier alpha value is -2.37. The number of halogens is 1. The molecule has 0 radical (unpaired) electrons. The molecular formula is C23H27FN2O3. The van der Waals surface area contributed by atoms with Gasteiger partial charge in [-0.15, -0.1) is 5.10 Å². The zero-order valence-corrected chi connectivity index (χ0v) is 17.2. The van der Waals surface area contributed by atoms with Crippen LogP contribution in [0.25, 0.3) is 5.69 Å². The Labute approximate surface area is 170 Å². The highest BCUT2D eigenvalue weighted by Gasteiger charge is 2.85. The maximum Gasteiger partial charge on any atom is 0.341 e. The molecular weight excluding hydrogens is 371 g/mol. The maximum absolute atomic E-state index is 14.5. The highest BCUT2D eigenvalue weighted by atomic mass is 19.1. The molecule has 3 aliphatic carbocycles. The van der Waals surface area contributed by atoms with Crippen molar-refractivity contribution in [1.29, 1.82) is 0 Å². The quantitative estimate of drug-likeness (QED) is 0.648. The Bertz CT molecular complexity index is 949. The third kappa shape index (κ3) is 3.13. The Kier molecular flexibility index (Phi) is 3.90. The molecule has 0 aliphatic heterocycles. The van der Waals surface area contributed by atoms with Crippen molar-refractivity contribution in [1.82, 2.24) is 9.78 Å². The Balaban J connectivity index is 1.20. The van der Waals surface area contributed by atoms with E-state index in [1.54, 1.807) is 43.8 Å². The summed E-state index contributed by atoms with van der Waals surface area (Å²) in [6.07, 6.45) is 8.49. The first-order valence-corrected chi connectivity index (χ1v) is 10.5. The summed E-state index contributed by atoms with van der Waals surface area (Å²) in [5.41, 5.74) is 1.17. The van der Waals surface area contributed by atoms with Crippen molar-refractivity contribution in [2.45, 2.75) is 58.5 Å². The maximum atomic E-state index is 14.5. The zero-order chi connectivity index (χ0) is 20.4. The predicted octanol–water partition coefficient (Wildman–Crippen LogP) is 4.93. The average molecular weight is 398 g/mol. The minimum absolute atomic E-state index is 0.0836. The summed E-state index contributed by atoms with van der Waals surface area (Å²) in [5.74, 6) is 0.0875. The standard InChI is InChI=1S/C23H27FN2O3/c1-21(2,3)29-20(27)16-5-4-15(14-17(16)24)26-12-6-19(25-26)28-13-7-18-22(8-9-22)23(18)10-11-23/h4-6,12,14,18H,7-11,13H2,1-3H3. The zero-order valence-electron chi connectivity index (χ0n) is 17.2. The Morgan fingerprint density at radius 2 is 1.90 bits per heavy atom. The van der Waals surface area contributed by atoms with Gasteiger partial charge in [0.1, 0.15) is 11.4 Å². The fourth-order valence-electron chi connectivity index (χ4n) is 5.31. The molecule has 2 aromatic rings. The monoisotopic (exact) mass is 398 g/mol. The van der Waals surface area contributed by atoms with Gasteiger partial charge in [0.05, 0.1) is 17.9 Å². The number of benzene rings is 1. The summed E-state index contributed by atoms with van der Waals surface area (Å²) >= 11 is 0. The van der Waals surface area contributed by atoms with E-state index in [4.69, 9.17) is 9.47 Å². The van der Waals surface area contributed by atoms with Gasteiger partial charge >= 0.3 is 5.97 Å². The van der Waals surface area contributed by atoms with Gasteiger partial charge < -0.3 is 9.47 Å². The van der Waals surface area contributed by atoms with Crippen LogP contribution in [-0.4, -0.2) is 28.0 Å². The van der Waals surface area contributed by atoms with Crippen molar-refractivity contribution in [2.24, 2.45) is 16.7 Å². The van der Waals surface area contributed by atoms with Gasteiger partial charge in [-0.1, -0.05) is 0 Å². The topological polar surface area (TPSA) is 53.4 Å². The van der Waals surface area contributed by atoms with E-state index in [9.17, 15) is 9.18 Å². The molecule has 3 fully saturated rings. The first-order chi connectivity index (χ1) is 13.7. The third-order valence-electron chi connectivity index (χ3n) is 6.88. The number of fused-ring (bicyclic) bond motifs is 1. The third-order valence-corrected chi connectivity index (χ3v) is 6.88.